The lowest BCUT2D eigenvalue weighted by Crippen LogP contribution is -2.16. The number of hydrogen-bond acceptors (Lipinski definition) is 5. The molecule has 1 heterocycles. The molecule has 0 spiro atoms. The lowest BCUT2D eigenvalue weighted by Gasteiger charge is -2.12. The van der Waals surface area contributed by atoms with Gasteiger partial charge in [0.1, 0.15) is 18.2 Å². The summed E-state index contributed by atoms with van der Waals surface area (Å²) in [7, 11) is 0. The lowest BCUT2D eigenvalue weighted by molar-refractivity contribution is 0.0995. The van der Waals surface area contributed by atoms with E-state index >= 15 is 0 Å². The number of carbonyl (C=O) groups is 2. The number of para-hydroxylation sites is 1. The summed E-state index contributed by atoms with van der Waals surface area (Å²) in [5, 5.41) is 5.54. The van der Waals surface area contributed by atoms with Crippen molar-refractivity contribution in [3.8, 4) is 5.75 Å². The van der Waals surface area contributed by atoms with Crippen LogP contribution in [0.1, 0.15) is 27.6 Å². The molecule has 2 N–H and O–H groups in total. The number of halogens is 1. The summed E-state index contributed by atoms with van der Waals surface area (Å²) in [6.07, 6.45) is 1.60. The van der Waals surface area contributed by atoms with Crippen LogP contribution in [0.4, 0.5) is 11.5 Å². The molecule has 0 fully saturated rings. The van der Waals surface area contributed by atoms with Gasteiger partial charge in [-0.25, -0.2) is 4.98 Å². The Labute approximate surface area is 188 Å². The molecule has 0 saturated carbocycles. The maximum atomic E-state index is 12.8. The molecule has 2 aromatic carbocycles. The number of rotatable bonds is 9. The van der Waals surface area contributed by atoms with Crippen molar-refractivity contribution in [1.82, 2.24) is 4.98 Å². The molecule has 3 aromatic rings. The van der Waals surface area contributed by atoms with Crippen LogP contribution in [0.25, 0.3) is 0 Å². The van der Waals surface area contributed by atoms with Gasteiger partial charge < -0.3 is 20.1 Å². The monoisotopic (exact) mass is 483 g/mol. The zero-order valence-corrected chi connectivity index (χ0v) is 18.5. The molecule has 31 heavy (non-hydrogen) atoms. The minimum atomic E-state index is -0.334. The third-order valence-electron chi connectivity index (χ3n) is 4.17. The van der Waals surface area contributed by atoms with Gasteiger partial charge in [-0.05, 0) is 65.3 Å². The molecular weight excluding hydrogens is 462 g/mol. The van der Waals surface area contributed by atoms with Crippen LogP contribution in [-0.4, -0.2) is 36.6 Å². The second-order valence-corrected chi connectivity index (χ2v) is 7.31. The Morgan fingerprint density at radius 3 is 2.58 bits per heavy atom. The number of aromatic nitrogens is 1. The van der Waals surface area contributed by atoms with Crippen molar-refractivity contribution < 1.29 is 19.1 Å². The fourth-order valence-electron chi connectivity index (χ4n) is 2.71. The van der Waals surface area contributed by atoms with Gasteiger partial charge in [0.25, 0.3) is 11.8 Å². The van der Waals surface area contributed by atoms with E-state index in [0.717, 1.165) is 4.47 Å². The largest absolute Gasteiger partial charge is 0.490 e. The Balaban J connectivity index is 1.67. The van der Waals surface area contributed by atoms with Gasteiger partial charge in [0.15, 0.2) is 0 Å². The van der Waals surface area contributed by atoms with E-state index in [2.05, 4.69) is 31.5 Å². The van der Waals surface area contributed by atoms with Gasteiger partial charge in [-0.15, -0.1) is 0 Å². The number of benzene rings is 2. The van der Waals surface area contributed by atoms with Crippen molar-refractivity contribution in [3.05, 3.63) is 82.5 Å². The normalized spacial score (nSPS) is 10.4. The third-order valence-corrected chi connectivity index (χ3v) is 4.64. The van der Waals surface area contributed by atoms with E-state index in [0.29, 0.717) is 48.2 Å². The van der Waals surface area contributed by atoms with Crippen molar-refractivity contribution in [2.75, 3.05) is 30.5 Å². The first-order chi connectivity index (χ1) is 15.1. The molecule has 1 aromatic heterocycles. The van der Waals surface area contributed by atoms with Gasteiger partial charge in [-0.2, -0.15) is 0 Å². The van der Waals surface area contributed by atoms with Crippen molar-refractivity contribution in [2.24, 2.45) is 0 Å². The fraction of sp³-hybridized carbons (Fsp3) is 0.174. The number of carbonyl (C=O) groups excluding carboxylic acids is 2. The molecular formula is C23H22BrN3O4. The van der Waals surface area contributed by atoms with Crippen LogP contribution in [0.5, 0.6) is 5.75 Å². The zero-order valence-electron chi connectivity index (χ0n) is 16.9. The topological polar surface area (TPSA) is 89.5 Å². The molecule has 0 aliphatic carbocycles. The van der Waals surface area contributed by atoms with Crippen LogP contribution in [0.15, 0.2) is 71.3 Å². The van der Waals surface area contributed by atoms with Gasteiger partial charge in [0, 0.05) is 28.5 Å². The van der Waals surface area contributed by atoms with Crippen LogP contribution in [-0.2, 0) is 4.74 Å². The predicted molar refractivity (Wildman–Crippen MR) is 123 cm³/mol. The Hall–Kier alpha value is -3.23. The smallest absolute Gasteiger partial charge is 0.259 e. The molecule has 0 bridgehead atoms. The number of nitrogens with one attached hydrogen (secondary N) is 2. The average molecular weight is 484 g/mol. The third kappa shape index (κ3) is 6.63. The highest BCUT2D eigenvalue weighted by molar-refractivity contribution is 9.10. The van der Waals surface area contributed by atoms with Crippen LogP contribution in [0, 0.1) is 0 Å². The standard InChI is InChI=1S/C23H22BrN3O4/c1-2-30-12-13-31-20-9-4-3-8-19(20)23(29)26-18-7-5-6-16(14-18)22(28)27-21-11-10-17(24)15-25-21/h3-11,14-15H,2,12-13H2,1H3,(H,26,29)(H,25,27,28). The minimum Gasteiger partial charge on any atom is -0.490 e. The number of hydrogen-bond donors (Lipinski definition) is 2. The van der Waals surface area contributed by atoms with Gasteiger partial charge in [0.2, 0.25) is 0 Å². The van der Waals surface area contributed by atoms with Crippen molar-refractivity contribution in [2.45, 2.75) is 6.92 Å². The summed E-state index contributed by atoms with van der Waals surface area (Å²) >= 11 is 3.30. The molecule has 0 saturated heterocycles. The van der Waals surface area contributed by atoms with E-state index < -0.39 is 0 Å². The summed E-state index contributed by atoms with van der Waals surface area (Å²) in [6.45, 7) is 3.30. The maximum absolute atomic E-state index is 12.8. The summed E-state index contributed by atoms with van der Waals surface area (Å²) in [5.74, 6) is 0.236. The van der Waals surface area contributed by atoms with Gasteiger partial charge in [0.05, 0.1) is 12.2 Å². The molecule has 0 atom stereocenters. The fourth-order valence-corrected chi connectivity index (χ4v) is 2.94. The Morgan fingerprint density at radius 2 is 1.81 bits per heavy atom. The van der Waals surface area contributed by atoms with Crippen molar-refractivity contribution >= 4 is 39.2 Å². The van der Waals surface area contributed by atoms with Crippen molar-refractivity contribution in [3.63, 3.8) is 0 Å². The van der Waals surface area contributed by atoms with E-state index in [1.807, 2.05) is 6.92 Å². The predicted octanol–water partition coefficient (Wildman–Crippen LogP) is 4.76. The zero-order chi connectivity index (χ0) is 22.1. The minimum absolute atomic E-state index is 0.328. The van der Waals surface area contributed by atoms with Gasteiger partial charge >= 0.3 is 0 Å². The quantitative estimate of drug-likeness (QED) is 0.428. The van der Waals surface area contributed by atoms with Crippen LogP contribution in [0.2, 0.25) is 0 Å². The van der Waals surface area contributed by atoms with Crippen LogP contribution < -0.4 is 15.4 Å². The Morgan fingerprint density at radius 1 is 0.968 bits per heavy atom. The molecule has 0 radical (unpaired) electrons. The second kappa shape index (κ2) is 11.2. The molecule has 160 valence electrons. The van der Waals surface area contributed by atoms with E-state index in [1.54, 1.807) is 66.9 Å². The highest BCUT2D eigenvalue weighted by atomic mass is 79.9. The summed E-state index contributed by atoms with van der Waals surface area (Å²) in [4.78, 5) is 29.4. The summed E-state index contributed by atoms with van der Waals surface area (Å²) in [5.41, 5.74) is 1.28. The highest BCUT2D eigenvalue weighted by Gasteiger charge is 2.14. The maximum Gasteiger partial charge on any atom is 0.259 e. The van der Waals surface area contributed by atoms with Crippen LogP contribution in [0.3, 0.4) is 0 Å². The highest BCUT2D eigenvalue weighted by Crippen LogP contribution is 2.21. The number of ether oxygens (including phenoxy) is 2. The van der Waals surface area contributed by atoms with Gasteiger partial charge in [-0.3, -0.25) is 9.59 Å². The first-order valence-electron chi connectivity index (χ1n) is 9.70. The number of pyridine rings is 1. The SMILES string of the molecule is CCOCCOc1ccccc1C(=O)Nc1cccc(C(=O)Nc2ccc(Br)cn2)c1. The van der Waals surface area contributed by atoms with Gasteiger partial charge in [-0.1, -0.05) is 18.2 Å². The average Bonchev–Trinajstić information content (AvgIpc) is 2.78. The first kappa shape index (κ1) is 22.5. The summed E-state index contributed by atoms with van der Waals surface area (Å²) in [6, 6.07) is 17.1. The van der Waals surface area contributed by atoms with E-state index in [1.165, 1.54) is 0 Å². The number of anilines is 2. The molecule has 0 unspecified atom stereocenters. The molecule has 8 heteroatoms. The van der Waals surface area contributed by atoms with E-state index in [4.69, 9.17) is 9.47 Å². The van der Waals surface area contributed by atoms with Crippen LogP contribution >= 0.6 is 15.9 Å². The van der Waals surface area contributed by atoms with Crippen molar-refractivity contribution in [1.29, 1.82) is 0 Å². The molecule has 3 rings (SSSR count). The number of amides is 2. The first-order valence-corrected chi connectivity index (χ1v) is 10.5. The Kier molecular flexibility index (Phi) is 8.14. The molecule has 7 nitrogen and oxygen atoms in total. The lowest BCUT2D eigenvalue weighted by atomic mass is 10.1. The van der Waals surface area contributed by atoms with E-state index in [-0.39, 0.29) is 11.8 Å². The molecule has 0 aliphatic rings. The Bertz CT molecular complexity index is 1040. The van der Waals surface area contributed by atoms with E-state index in [9.17, 15) is 9.59 Å². The number of nitrogens with zero attached hydrogens (tertiary/aromatic N) is 1. The second-order valence-electron chi connectivity index (χ2n) is 6.39. The molecule has 2 amide bonds. The summed E-state index contributed by atoms with van der Waals surface area (Å²) < 4.78 is 11.8. The molecule has 0 aliphatic heterocycles.